The van der Waals surface area contributed by atoms with Crippen LogP contribution >= 0.6 is 0 Å². The van der Waals surface area contributed by atoms with Crippen molar-refractivity contribution < 1.29 is 17.9 Å². The third-order valence-corrected chi connectivity index (χ3v) is 8.73. The van der Waals surface area contributed by atoms with E-state index in [1.54, 1.807) is 4.31 Å². The van der Waals surface area contributed by atoms with Gasteiger partial charge in [0.05, 0.1) is 12.5 Å². The molecule has 0 saturated carbocycles. The molecule has 2 N–H and O–H groups in total. The molecule has 0 radical (unpaired) electrons. The summed E-state index contributed by atoms with van der Waals surface area (Å²) in [5, 5.41) is 5.49. The number of nitrogens with zero attached hydrogens (tertiary/aromatic N) is 4. The molecule has 0 aliphatic carbocycles. The van der Waals surface area contributed by atoms with E-state index in [2.05, 4.69) is 40.2 Å². The third kappa shape index (κ3) is 7.76. The fourth-order valence-corrected chi connectivity index (χ4v) is 5.85. The number of rotatable bonds is 10. The van der Waals surface area contributed by atoms with Crippen LogP contribution in [0, 0.1) is 0 Å². The van der Waals surface area contributed by atoms with E-state index in [9.17, 15) is 13.2 Å². The van der Waals surface area contributed by atoms with Crippen LogP contribution in [0.5, 0.6) is 0 Å². The van der Waals surface area contributed by atoms with Gasteiger partial charge in [0, 0.05) is 40.0 Å². The number of ether oxygens (including phenoxy) is 1. The topological polar surface area (TPSA) is 118 Å². The molecular weight excluding hydrogens is 460 g/mol. The van der Waals surface area contributed by atoms with Gasteiger partial charge in [-0.2, -0.15) is 4.31 Å². The van der Waals surface area contributed by atoms with Gasteiger partial charge in [0.1, 0.15) is 12.2 Å². The zero-order valence-electron chi connectivity index (χ0n) is 20.0. The molecule has 33 heavy (non-hydrogen) atoms. The summed E-state index contributed by atoms with van der Waals surface area (Å²) in [6, 6.07) is 2.49. The summed E-state index contributed by atoms with van der Waals surface area (Å²) in [6.07, 6.45) is 7.91. The van der Waals surface area contributed by atoms with Crippen LogP contribution in [0.4, 0.5) is 10.6 Å². The molecule has 1 atom stereocenters. The molecule has 1 saturated heterocycles. The predicted octanol–water partition coefficient (Wildman–Crippen LogP) is 3.07. The lowest BCUT2D eigenvalue weighted by Crippen LogP contribution is -2.44. The fraction of sp³-hybridized carbons (Fsp3) is 0.667. The summed E-state index contributed by atoms with van der Waals surface area (Å²) in [7, 11) is -4.36. The van der Waals surface area contributed by atoms with E-state index in [1.165, 1.54) is 12.5 Å². The van der Waals surface area contributed by atoms with Gasteiger partial charge in [-0.15, -0.1) is 0 Å². The van der Waals surface area contributed by atoms with Crippen molar-refractivity contribution in [2.45, 2.75) is 64.1 Å². The molecule has 3 heterocycles. The van der Waals surface area contributed by atoms with Gasteiger partial charge in [-0.25, -0.2) is 23.2 Å². The molecule has 1 unspecified atom stereocenters. The van der Waals surface area contributed by atoms with Crippen LogP contribution in [0.3, 0.4) is 0 Å². The summed E-state index contributed by atoms with van der Waals surface area (Å²) < 4.78 is 33.2. The lowest BCUT2D eigenvalue weighted by atomic mass is 10.0. The minimum absolute atomic E-state index is 0.0714. The average Bonchev–Trinajstić information content (AvgIpc) is 3.12. The van der Waals surface area contributed by atoms with Gasteiger partial charge in [-0.3, -0.25) is 5.32 Å². The molecule has 0 aromatic carbocycles. The Morgan fingerprint density at radius 1 is 1.30 bits per heavy atom. The van der Waals surface area contributed by atoms with Gasteiger partial charge in [0.15, 0.2) is 11.5 Å². The van der Waals surface area contributed by atoms with Crippen molar-refractivity contribution in [3.63, 3.8) is 0 Å². The molecule has 184 valence electrons. The van der Waals surface area contributed by atoms with E-state index in [-0.39, 0.29) is 12.1 Å². The highest BCUT2D eigenvalue weighted by molar-refractivity contribution is 7.88. The van der Waals surface area contributed by atoms with Crippen molar-refractivity contribution >= 4 is 41.1 Å². The fourth-order valence-electron chi connectivity index (χ4n) is 3.88. The Balaban J connectivity index is 1.48. The van der Waals surface area contributed by atoms with Crippen LogP contribution in [0.2, 0.25) is 25.7 Å². The van der Waals surface area contributed by atoms with E-state index in [0.717, 1.165) is 31.9 Å². The minimum Gasteiger partial charge on any atom is -0.361 e. The molecule has 0 bridgehead atoms. The Bertz CT molecular complexity index is 1050. The summed E-state index contributed by atoms with van der Waals surface area (Å²) >= 11 is 0. The van der Waals surface area contributed by atoms with Crippen LogP contribution in [0.15, 0.2) is 18.5 Å². The molecule has 1 aliphatic heterocycles. The Morgan fingerprint density at radius 2 is 2.09 bits per heavy atom. The lowest BCUT2D eigenvalue weighted by molar-refractivity contribution is 0.0899. The number of sulfonamides is 1. The van der Waals surface area contributed by atoms with Gasteiger partial charge in [-0.05, 0) is 31.4 Å². The lowest BCUT2D eigenvalue weighted by Gasteiger charge is -2.33. The molecule has 2 aromatic heterocycles. The summed E-state index contributed by atoms with van der Waals surface area (Å²) in [5.74, 6) is 0.354. The quantitative estimate of drug-likeness (QED) is 0.385. The standard InChI is InChI=1S/C21H36N6O4SSi/c1-32(29,30)27-11-6-5-7-17(27)8-10-22-21(28)25-19-15-23-20-18(24-19)9-12-26(20)16-31-13-14-33(2,3)4/h9,12,15,17H,5-8,10-11,13-14,16H2,1-4H3,(H2,22,24,25,28). The molecule has 1 fully saturated rings. The maximum atomic E-state index is 12.3. The number of anilines is 1. The second kappa shape index (κ2) is 10.9. The highest BCUT2D eigenvalue weighted by Gasteiger charge is 2.28. The van der Waals surface area contributed by atoms with E-state index in [0.29, 0.717) is 43.2 Å². The van der Waals surface area contributed by atoms with Gasteiger partial charge >= 0.3 is 6.03 Å². The average molecular weight is 497 g/mol. The van der Waals surface area contributed by atoms with E-state index < -0.39 is 18.1 Å². The summed E-state index contributed by atoms with van der Waals surface area (Å²) in [5.41, 5.74) is 1.37. The molecule has 1 aliphatic rings. The summed E-state index contributed by atoms with van der Waals surface area (Å²) in [4.78, 5) is 21.2. The third-order valence-electron chi connectivity index (χ3n) is 5.69. The van der Waals surface area contributed by atoms with Crippen LogP contribution in [-0.2, 0) is 21.5 Å². The Labute approximate surface area is 197 Å². The maximum absolute atomic E-state index is 12.3. The monoisotopic (exact) mass is 496 g/mol. The molecule has 2 aromatic rings. The summed E-state index contributed by atoms with van der Waals surface area (Å²) in [6.45, 7) is 9.03. The highest BCUT2D eigenvalue weighted by atomic mass is 32.2. The Morgan fingerprint density at radius 3 is 2.82 bits per heavy atom. The zero-order chi connectivity index (χ0) is 24.1. The number of amides is 2. The predicted molar refractivity (Wildman–Crippen MR) is 132 cm³/mol. The molecular formula is C21H36N6O4SSi. The van der Waals surface area contributed by atoms with Gasteiger partial charge < -0.3 is 14.6 Å². The number of carbonyl (C=O) groups excluding carboxylic acids is 1. The highest BCUT2D eigenvalue weighted by Crippen LogP contribution is 2.22. The SMILES string of the molecule is C[Si](C)(C)CCOCn1ccc2nc(NC(=O)NCCC3CCCCN3S(C)(=O)=O)cnc21. The number of piperidine rings is 1. The van der Waals surface area contributed by atoms with Crippen molar-refractivity contribution in [1.82, 2.24) is 24.2 Å². The van der Waals surface area contributed by atoms with Crippen molar-refractivity contribution in [3.05, 3.63) is 18.5 Å². The smallest absolute Gasteiger partial charge is 0.320 e. The largest absolute Gasteiger partial charge is 0.361 e. The second-order valence-electron chi connectivity index (χ2n) is 9.79. The van der Waals surface area contributed by atoms with Crippen molar-refractivity contribution in [2.24, 2.45) is 0 Å². The van der Waals surface area contributed by atoms with E-state index in [4.69, 9.17) is 4.74 Å². The molecule has 0 spiro atoms. The Hall–Kier alpha value is -2.02. The number of aromatic nitrogens is 3. The van der Waals surface area contributed by atoms with Crippen LogP contribution in [0.1, 0.15) is 25.7 Å². The molecule has 3 rings (SSSR count). The van der Waals surface area contributed by atoms with Crippen molar-refractivity contribution in [1.29, 1.82) is 0 Å². The first-order chi connectivity index (χ1) is 15.5. The molecule has 10 nitrogen and oxygen atoms in total. The number of carbonyl (C=O) groups is 1. The van der Waals surface area contributed by atoms with Gasteiger partial charge in [0.2, 0.25) is 10.0 Å². The van der Waals surface area contributed by atoms with Crippen molar-refractivity contribution in [3.8, 4) is 0 Å². The van der Waals surface area contributed by atoms with Crippen molar-refractivity contribution in [2.75, 3.05) is 31.3 Å². The first kappa shape index (κ1) is 25.6. The number of hydrogen-bond acceptors (Lipinski definition) is 6. The number of nitrogens with one attached hydrogen (secondary N) is 2. The molecule has 12 heteroatoms. The number of fused-ring (bicyclic) bond motifs is 1. The number of urea groups is 1. The van der Waals surface area contributed by atoms with Crippen LogP contribution in [0.25, 0.3) is 11.2 Å². The van der Waals surface area contributed by atoms with Gasteiger partial charge in [0.25, 0.3) is 0 Å². The van der Waals surface area contributed by atoms with E-state index >= 15 is 0 Å². The first-order valence-electron chi connectivity index (χ1n) is 11.4. The van der Waals surface area contributed by atoms with Crippen LogP contribution in [-0.4, -0.2) is 73.4 Å². The van der Waals surface area contributed by atoms with Gasteiger partial charge in [-0.1, -0.05) is 26.1 Å². The minimum atomic E-state index is -3.23. The zero-order valence-corrected chi connectivity index (χ0v) is 21.8. The Kier molecular flexibility index (Phi) is 8.48. The second-order valence-corrected chi connectivity index (χ2v) is 17.3. The number of hydrogen-bond donors (Lipinski definition) is 2. The van der Waals surface area contributed by atoms with E-state index in [1.807, 2.05) is 16.8 Å². The first-order valence-corrected chi connectivity index (χ1v) is 17.0. The molecule has 2 amide bonds. The normalized spacial score (nSPS) is 17.9. The maximum Gasteiger partial charge on any atom is 0.320 e. The van der Waals surface area contributed by atoms with Crippen LogP contribution < -0.4 is 10.6 Å².